The Morgan fingerprint density at radius 2 is 1.82 bits per heavy atom. The standard InChI is InChI=1S/C26H28N4O4/c1-32-17-15-30(14-13-24(31)27-18-21-6-5-16-34-21)26-22-7-3-4-8-23(22)28-25(29-26)19-9-11-20(33-2)12-10-19/h3-12,16H,13-15,17-18H2,1-2H3,(H,27,31). The first-order valence-corrected chi connectivity index (χ1v) is 11.1. The molecule has 0 fully saturated rings. The van der Waals surface area contributed by atoms with E-state index in [1.807, 2.05) is 54.6 Å². The topological polar surface area (TPSA) is 89.7 Å². The fourth-order valence-corrected chi connectivity index (χ4v) is 3.62. The number of nitrogens with one attached hydrogen (secondary N) is 1. The number of benzene rings is 2. The van der Waals surface area contributed by atoms with Gasteiger partial charge in [-0.05, 0) is 48.5 Å². The summed E-state index contributed by atoms with van der Waals surface area (Å²) >= 11 is 0. The van der Waals surface area contributed by atoms with Crippen molar-refractivity contribution in [3.05, 3.63) is 72.7 Å². The number of para-hydroxylation sites is 1. The molecular formula is C26H28N4O4. The van der Waals surface area contributed by atoms with Crippen molar-refractivity contribution in [1.82, 2.24) is 15.3 Å². The third-order valence-electron chi connectivity index (χ3n) is 5.44. The Morgan fingerprint density at radius 3 is 2.56 bits per heavy atom. The van der Waals surface area contributed by atoms with Crippen LogP contribution in [0.25, 0.3) is 22.3 Å². The van der Waals surface area contributed by atoms with Crippen LogP contribution < -0.4 is 15.0 Å². The molecule has 0 unspecified atom stereocenters. The predicted molar refractivity (Wildman–Crippen MR) is 131 cm³/mol. The van der Waals surface area contributed by atoms with Crippen LogP contribution in [-0.4, -0.2) is 49.8 Å². The van der Waals surface area contributed by atoms with Gasteiger partial charge in [-0.2, -0.15) is 0 Å². The average molecular weight is 461 g/mol. The van der Waals surface area contributed by atoms with Crippen molar-refractivity contribution < 1.29 is 18.7 Å². The van der Waals surface area contributed by atoms with Crippen LogP contribution >= 0.6 is 0 Å². The monoisotopic (exact) mass is 460 g/mol. The molecule has 2 aromatic heterocycles. The number of hydrogen-bond acceptors (Lipinski definition) is 7. The molecule has 0 bridgehead atoms. The minimum Gasteiger partial charge on any atom is -0.497 e. The van der Waals surface area contributed by atoms with Gasteiger partial charge in [0.05, 0.1) is 32.0 Å². The van der Waals surface area contributed by atoms with E-state index in [0.717, 1.165) is 33.8 Å². The molecule has 176 valence electrons. The smallest absolute Gasteiger partial charge is 0.222 e. The Labute approximate surface area is 198 Å². The van der Waals surface area contributed by atoms with Gasteiger partial charge >= 0.3 is 0 Å². The normalized spacial score (nSPS) is 10.9. The van der Waals surface area contributed by atoms with Crippen LogP contribution in [0.15, 0.2) is 71.3 Å². The van der Waals surface area contributed by atoms with E-state index in [2.05, 4.69) is 10.2 Å². The maximum Gasteiger partial charge on any atom is 0.222 e. The van der Waals surface area contributed by atoms with Gasteiger partial charge in [-0.15, -0.1) is 0 Å². The Bertz CT molecular complexity index is 1210. The molecule has 0 radical (unpaired) electrons. The highest BCUT2D eigenvalue weighted by Crippen LogP contribution is 2.28. The first-order valence-electron chi connectivity index (χ1n) is 11.1. The molecule has 4 rings (SSSR count). The van der Waals surface area contributed by atoms with Crippen LogP contribution in [0.3, 0.4) is 0 Å². The van der Waals surface area contributed by atoms with Crippen LogP contribution in [0.1, 0.15) is 12.2 Å². The highest BCUT2D eigenvalue weighted by atomic mass is 16.5. The molecular weight excluding hydrogens is 432 g/mol. The van der Waals surface area contributed by atoms with Gasteiger partial charge in [0.15, 0.2) is 5.82 Å². The third kappa shape index (κ3) is 5.71. The molecule has 0 saturated heterocycles. The van der Waals surface area contributed by atoms with Gasteiger partial charge in [-0.3, -0.25) is 4.79 Å². The number of carbonyl (C=O) groups is 1. The minimum absolute atomic E-state index is 0.0624. The van der Waals surface area contributed by atoms with Crippen LogP contribution in [0, 0.1) is 0 Å². The van der Waals surface area contributed by atoms with Gasteiger partial charge in [0.25, 0.3) is 0 Å². The number of aromatic nitrogens is 2. The molecule has 34 heavy (non-hydrogen) atoms. The predicted octanol–water partition coefficient (Wildman–Crippen LogP) is 4.06. The zero-order valence-electron chi connectivity index (χ0n) is 19.4. The Morgan fingerprint density at radius 1 is 1.00 bits per heavy atom. The van der Waals surface area contributed by atoms with Gasteiger partial charge < -0.3 is 24.1 Å². The quantitative estimate of drug-likeness (QED) is 0.361. The van der Waals surface area contributed by atoms with Crippen molar-refractivity contribution in [2.24, 2.45) is 0 Å². The van der Waals surface area contributed by atoms with Gasteiger partial charge in [0, 0.05) is 37.6 Å². The molecule has 0 aliphatic heterocycles. The number of hydrogen-bond donors (Lipinski definition) is 1. The molecule has 0 atom stereocenters. The highest BCUT2D eigenvalue weighted by Gasteiger charge is 2.17. The zero-order chi connectivity index (χ0) is 23.8. The van der Waals surface area contributed by atoms with Crippen LogP contribution in [0.5, 0.6) is 5.75 Å². The largest absolute Gasteiger partial charge is 0.497 e. The van der Waals surface area contributed by atoms with Crippen molar-refractivity contribution in [2.45, 2.75) is 13.0 Å². The summed E-state index contributed by atoms with van der Waals surface area (Å²) in [4.78, 5) is 24.3. The van der Waals surface area contributed by atoms with E-state index in [-0.39, 0.29) is 5.91 Å². The SMILES string of the molecule is COCCN(CCC(=O)NCc1ccco1)c1nc(-c2ccc(OC)cc2)nc2ccccc12. The summed E-state index contributed by atoms with van der Waals surface area (Å²) in [5.74, 6) is 2.81. The third-order valence-corrected chi connectivity index (χ3v) is 5.44. The fraction of sp³-hybridized carbons (Fsp3) is 0.269. The van der Waals surface area contributed by atoms with E-state index >= 15 is 0 Å². The Hall–Kier alpha value is -3.91. The minimum atomic E-state index is -0.0624. The number of ether oxygens (including phenoxy) is 2. The van der Waals surface area contributed by atoms with Crippen molar-refractivity contribution in [1.29, 1.82) is 0 Å². The summed E-state index contributed by atoms with van der Waals surface area (Å²) < 4.78 is 15.9. The van der Waals surface area contributed by atoms with Crippen molar-refractivity contribution >= 4 is 22.6 Å². The molecule has 1 N–H and O–H groups in total. The first-order chi connectivity index (χ1) is 16.7. The van der Waals surface area contributed by atoms with Crippen LogP contribution in [0.2, 0.25) is 0 Å². The second kappa shape index (κ2) is 11.3. The van der Waals surface area contributed by atoms with E-state index in [9.17, 15) is 4.79 Å². The highest BCUT2D eigenvalue weighted by molar-refractivity contribution is 5.91. The summed E-state index contributed by atoms with van der Waals surface area (Å²) in [5, 5.41) is 3.82. The Balaban J connectivity index is 1.60. The lowest BCUT2D eigenvalue weighted by molar-refractivity contribution is -0.121. The number of rotatable bonds is 11. The lowest BCUT2D eigenvalue weighted by Gasteiger charge is -2.25. The van der Waals surface area contributed by atoms with Crippen molar-refractivity contribution in [2.75, 3.05) is 38.8 Å². The molecule has 0 saturated carbocycles. The molecule has 8 heteroatoms. The molecule has 0 spiro atoms. The van der Waals surface area contributed by atoms with Gasteiger partial charge in [0.2, 0.25) is 5.91 Å². The summed E-state index contributed by atoms with van der Waals surface area (Å²) in [7, 11) is 3.30. The number of furan rings is 1. The number of methoxy groups -OCH3 is 2. The summed E-state index contributed by atoms with van der Waals surface area (Å²) in [6, 6.07) is 19.2. The van der Waals surface area contributed by atoms with Crippen LogP contribution in [0.4, 0.5) is 5.82 Å². The van der Waals surface area contributed by atoms with Crippen LogP contribution in [-0.2, 0) is 16.1 Å². The first kappa shape index (κ1) is 23.3. The number of fused-ring (bicyclic) bond motifs is 1. The molecule has 0 aliphatic carbocycles. The van der Waals surface area contributed by atoms with Gasteiger partial charge in [0.1, 0.15) is 17.3 Å². The average Bonchev–Trinajstić information content (AvgIpc) is 3.41. The summed E-state index contributed by atoms with van der Waals surface area (Å²) in [6.07, 6.45) is 1.90. The number of amides is 1. The van der Waals surface area contributed by atoms with Gasteiger partial charge in [-0.1, -0.05) is 12.1 Å². The second-order valence-electron chi connectivity index (χ2n) is 7.70. The van der Waals surface area contributed by atoms with E-state index < -0.39 is 0 Å². The molecule has 8 nitrogen and oxygen atoms in total. The van der Waals surface area contributed by atoms with E-state index in [4.69, 9.17) is 23.9 Å². The lowest BCUT2D eigenvalue weighted by Crippen LogP contribution is -2.33. The second-order valence-corrected chi connectivity index (χ2v) is 7.70. The van der Waals surface area contributed by atoms with Crippen molar-refractivity contribution in [3.63, 3.8) is 0 Å². The number of carbonyl (C=O) groups excluding carboxylic acids is 1. The number of nitrogens with zero attached hydrogens (tertiary/aromatic N) is 3. The van der Waals surface area contributed by atoms with Crippen molar-refractivity contribution in [3.8, 4) is 17.1 Å². The Kier molecular flexibility index (Phi) is 7.72. The molecule has 4 aromatic rings. The molecule has 2 aromatic carbocycles. The lowest BCUT2D eigenvalue weighted by atomic mass is 10.1. The zero-order valence-corrected chi connectivity index (χ0v) is 19.4. The van der Waals surface area contributed by atoms with E-state index in [0.29, 0.717) is 38.5 Å². The van der Waals surface area contributed by atoms with E-state index in [1.54, 1.807) is 26.5 Å². The molecule has 2 heterocycles. The maximum atomic E-state index is 12.5. The molecule has 0 aliphatic rings. The fourth-order valence-electron chi connectivity index (χ4n) is 3.62. The maximum absolute atomic E-state index is 12.5. The van der Waals surface area contributed by atoms with Gasteiger partial charge in [-0.25, -0.2) is 9.97 Å². The summed E-state index contributed by atoms with van der Waals surface area (Å²) in [6.45, 7) is 1.94. The number of anilines is 1. The molecule has 1 amide bonds. The van der Waals surface area contributed by atoms with E-state index in [1.165, 1.54) is 0 Å². The summed E-state index contributed by atoms with van der Waals surface area (Å²) in [5.41, 5.74) is 1.72.